The fraction of sp³-hybridized carbons (Fsp3) is 0.632. The third-order valence-corrected chi connectivity index (χ3v) is 6.49. The van der Waals surface area contributed by atoms with Crippen LogP contribution >= 0.6 is 0 Å². The van der Waals surface area contributed by atoms with E-state index in [9.17, 15) is 13.2 Å². The van der Waals surface area contributed by atoms with Gasteiger partial charge in [0.05, 0.1) is 17.4 Å². The Labute approximate surface area is 157 Å². The lowest BCUT2D eigenvalue weighted by Gasteiger charge is -2.31. The second-order valence-corrected chi connectivity index (χ2v) is 8.54. The van der Waals surface area contributed by atoms with E-state index in [2.05, 4.69) is 12.2 Å². The molecule has 1 atom stereocenters. The lowest BCUT2D eigenvalue weighted by atomic mass is 9.99. The molecule has 1 aromatic rings. The molecule has 0 aliphatic carbocycles. The summed E-state index contributed by atoms with van der Waals surface area (Å²) in [5, 5.41) is 2.94. The molecule has 0 unspecified atom stereocenters. The van der Waals surface area contributed by atoms with Gasteiger partial charge in [-0.25, -0.2) is 8.42 Å². The molecule has 1 heterocycles. The van der Waals surface area contributed by atoms with E-state index < -0.39 is 10.0 Å². The lowest BCUT2D eigenvalue weighted by Crippen LogP contribution is -2.45. The molecule has 0 spiro atoms. The largest absolute Gasteiger partial charge is 0.494 e. The van der Waals surface area contributed by atoms with Crippen molar-refractivity contribution in [3.05, 3.63) is 24.3 Å². The van der Waals surface area contributed by atoms with Crippen molar-refractivity contribution in [2.24, 2.45) is 5.92 Å². The van der Waals surface area contributed by atoms with Gasteiger partial charge in [0.15, 0.2) is 0 Å². The molecule has 0 bridgehead atoms. The van der Waals surface area contributed by atoms with E-state index in [1.807, 2.05) is 6.92 Å². The first kappa shape index (κ1) is 20.7. The van der Waals surface area contributed by atoms with Gasteiger partial charge in [-0.3, -0.25) is 4.79 Å². The number of sulfonamides is 1. The normalized spacial score (nSPS) is 18.5. The SMILES string of the molecule is CCCCCNC(=O)[C@H]1CCCN(S(=O)(=O)c2ccc(OCC)cc2)C1. The van der Waals surface area contributed by atoms with Gasteiger partial charge in [0.1, 0.15) is 5.75 Å². The summed E-state index contributed by atoms with van der Waals surface area (Å²) in [7, 11) is -3.59. The van der Waals surface area contributed by atoms with E-state index in [0.29, 0.717) is 31.9 Å². The lowest BCUT2D eigenvalue weighted by molar-refractivity contribution is -0.126. The van der Waals surface area contributed by atoms with Gasteiger partial charge in [0.2, 0.25) is 15.9 Å². The van der Waals surface area contributed by atoms with Gasteiger partial charge in [-0.1, -0.05) is 19.8 Å². The third-order valence-electron chi connectivity index (χ3n) is 4.61. The van der Waals surface area contributed by atoms with Crippen molar-refractivity contribution in [3.63, 3.8) is 0 Å². The summed E-state index contributed by atoms with van der Waals surface area (Å²) in [5.74, 6) is 0.338. The minimum atomic E-state index is -3.59. The zero-order valence-electron chi connectivity index (χ0n) is 15.7. The molecule has 1 aliphatic heterocycles. The molecule has 0 aromatic heterocycles. The second kappa shape index (κ2) is 9.92. The van der Waals surface area contributed by atoms with Crippen molar-refractivity contribution in [1.29, 1.82) is 0 Å². The summed E-state index contributed by atoms with van der Waals surface area (Å²) in [6.07, 6.45) is 4.58. The number of carbonyl (C=O) groups excluding carboxylic acids is 1. The number of rotatable bonds is 9. The molecule has 1 aromatic carbocycles. The van der Waals surface area contributed by atoms with E-state index in [0.717, 1.165) is 25.7 Å². The maximum Gasteiger partial charge on any atom is 0.243 e. The van der Waals surface area contributed by atoms with Gasteiger partial charge in [-0.15, -0.1) is 0 Å². The predicted molar refractivity (Wildman–Crippen MR) is 102 cm³/mol. The van der Waals surface area contributed by atoms with E-state index in [1.165, 1.54) is 4.31 Å². The molecular formula is C19H30N2O4S. The minimum absolute atomic E-state index is 0.0345. The van der Waals surface area contributed by atoms with Crippen LogP contribution in [0.3, 0.4) is 0 Å². The summed E-state index contributed by atoms with van der Waals surface area (Å²) in [6, 6.07) is 6.46. The van der Waals surface area contributed by atoms with E-state index in [-0.39, 0.29) is 23.3 Å². The molecule has 26 heavy (non-hydrogen) atoms. The molecule has 1 aliphatic rings. The average Bonchev–Trinajstić information content (AvgIpc) is 2.66. The van der Waals surface area contributed by atoms with Crippen LogP contribution in [0.4, 0.5) is 0 Å². The molecule has 6 nitrogen and oxygen atoms in total. The first-order valence-electron chi connectivity index (χ1n) is 9.49. The number of nitrogens with one attached hydrogen (secondary N) is 1. The van der Waals surface area contributed by atoms with Crippen molar-refractivity contribution in [1.82, 2.24) is 9.62 Å². The van der Waals surface area contributed by atoms with Crippen LogP contribution in [0.5, 0.6) is 5.75 Å². The average molecular weight is 383 g/mol. The van der Waals surface area contributed by atoms with Gasteiger partial charge in [0.25, 0.3) is 0 Å². The Morgan fingerprint density at radius 2 is 1.96 bits per heavy atom. The first-order valence-corrected chi connectivity index (χ1v) is 10.9. The van der Waals surface area contributed by atoms with E-state index in [4.69, 9.17) is 4.74 Å². The topological polar surface area (TPSA) is 75.7 Å². The Kier molecular flexibility index (Phi) is 7.90. The zero-order chi connectivity index (χ0) is 19.0. The molecule has 1 saturated heterocycles. The van der Waals surface area contributed by atoms with Crippen molar-refractivity contribution in [3.8, 4) is 5.75 Å². The van der Waals surface area contributed by atoms with Crippen molar-refractivity contribution in [2.45, 2.75) is 50.8 Å². The Morgan fingerprint density at radius 3 is 2.62 bits per heavy atom. The Bertz CT molecular complexity index is 673. The highest BCUT2D eigenvalue weighted by Crippen LogP contribution is 2.25. The van der Waals surface area contributed by atoms with Crippen LogP contribution in [0.25, 0.3) is 0 Å². The molecule has 2 rings (SSSR count). The number of unbranched alkanes of at least 4 members (excludes halogenated alkanes) is 2. The highest BCUT2D eigenvalue weighted by Gasteiger charge is 2.33. The molecule has 1 amide bonds. The molecule has 146 valence electrons. The van der Waals surface area contributed by atoms with Crippen molar-refractivity contribution >= 4 is 15.9 Å². The van der Waals surface area contributed by atoms with Crippen LogP contribution in [-0.4, -0.2) is 44.9 Å². The maximum atomic E-state index is 12.9. The highest BCUT2D eigenvalue weighted by molar-refractivity contribution is 7.89. The Hall–Kier alpha value is -1.60. The third kappa shape index (κ3) is 5.45. The van der Waals surface area contributed by atoms with Gasteiger partial charge < -0.3 is 10.1 Å². The van der Waals surface area contributed by atoms with Gasteiger partial charge in [0, 0.05) is 19.6 Å². The summed E-state index contributed by atoms with van der Waals surface area (Å²) >= 11 is 0. The number of hydrogen-bond donors (Lipinski definition) is 1. The molecule has 0 radical (unpaired) electrons. The number of ether oxygens (including phenoxy) is 1. The van der Waals surface area contributed by atoms with Gasteiger partial charge >= 0.3 is 0 Å². The predicted octanol–water partition coefficient (Wildman–Crippen LogP) is 2.79. The number of piperidine rings is 1. The summed E-state index contributed by atoms with van der Waals surface area (Å²) in [5.41, 5.74) is 0. The van der Waals surface area contributed by atoms with Crippen molar-refractivity contribution in [2.75, 3.05) is 26.2 Å². The monoisotopic (exact) mass is 382 g/mol. The Balaban J connectivity index is 1.99. The number of hydrogen-bond acceptors (Lipinski definition) is 4. The number of carbonyl (C=O) groups is 1. The van der Waals surface area contributed by atoms with Crippen LogP contribution < -0.4 is 10.1 Å². The minimum Gasteiger partial charge on any atom is -0.494 e. The van der Waals surface area contributed by atoms with Crippen molar-refractivity contribution < 1.29 is 17.9 Å². The second-order valence-electron chi connectivity index (χ2n) is 6.60. The fourth-order valence-corrected chi connectivity index (χ4v) is 4.65. The maximum absolute atomic E-state index is 12.9. The van der Waals surface area contributed by atoms with Gasteiger partial charge in [-0.05, 0) is 50.5 Å². The summed E-state index contributed by atoms with van der Waals surface area (Å²) in [4.78, 5) is 12.6. The Morgan fingerprint density at radius 1 is 1.23 bits per heavy atom. The molecular weight excluding hydrogens is 352 g/mol. The first-order chi connectivity index (χ1) is 12.5. The zero-order valence-corrected chi connectivity index (χ0v) is 16.6. The number of amides is 1. The molecule has 7 heteroatoms. The smallest absolute Gasteiger partial charge is 0.243 e. The summed E-state index contributed by atoms with van der Waals surface area (Å²) < 4.78 is 32.5. The fourth-order valence-electron chi connectivity index (χ4n) is 3.13. The standard InChI is InChI=1S/C19H30N2O4S/c1-3-5-6-13-20-19(22)16-8-7-14-21(15-16)26(23,24)18-11-9-17(10-12-18)25-4-2/h9-12,16H,3-8,13-15H2,1-2H3,(H,20,22)/t16-/m0/s1. The van der Waals surface area contributed by atoms with E-state index >= 15 is 0 Å². The van der Waals surface area contributed by atoms with Crippen LogP contribution in [0, 0.1) is 5.92 Å². The molecule has 0 saturated carbocycles. The van der Waals surface area contributed by atoms with Crippen LogP contribution in [0.1, 0.15) is 46.0 Å². The van der Waals surface area contributed by atoms with E-state index in [1.54, 1.807) is 24.3 Å². The van der Waals surface area contributed by atoms with Crippen LogP contribution in [-0.2, 0) is 14.8 Å². The van der Waals surface area contributed by atoms with Crippen LogP contribution in [0.2, 0.25) is 0 Å². The number of benzene rings is 1. The summed E-state index contributed by atoms with van der Waals surface area (Å²) in [6.45, 7) is 5.89. The molecule has 1 fully saturated rings. The number of nitrogens with zero attached hydrogens (tertiary/aromatic N) is 1. The van der Waals surface area contributed by atoms with Crippen LogP contribution in [0.15, 0.2) is 29.2 Å². The highest BCUT2D eigenvalue weighted by atomic mass is 32.2. The van der Waals surface area contributed by atoms with Gasteiger partial charge in [-0.2, -0.15) is 4.31 Å². The quantitative estimate of drug-likeness (QED) is 0.667. The molecule has 1 N–H and O–H groups in total.